The Bertz CT molecular complexity index is 428. The lowest BCUT2D eigenvalue weighted by Crippen LogP contribution is -2.33. The molecule has 98 valence electrons. The summed E-state index contributed by atoms with van der Waals surface area (Å²) < 4.78 is 41.5. The zero-order chi connectivity index (χ0) is 13.8. The van der Waals surface area contributed by atoms with Gasteiger partial charge in [-0.3, -0.25) is 0 Å². The SMILES string of the molecule is CCC(OC(=O)c1ccc(N=O)cc1)C(F)(F)F. The molecule has 0 saturated carbocycles. The summed E-state index contributed by atoms with van der Waals surface area (Å²) in [5, 5.41) is 2.61. The third-order valence-electron chi connectivity index (χ3n) is 2.19. The molecule has 0 aromatic heterocycles. The van der Waals surface area contributed by atoms with E-state index in [-0.39, 0.29) is 17.7 Å². The molecule has 1 unspecified atom stereocenters. The summed E-state index contributed by atoms with van der Waals surface area (Å²) in [5.41, 5.74) is 0.0134. The van der Waals surface area contributed by atoms with E-state index in [1.165, 1.54) is 31.2 Å². The van der Waals surface area contributed by atoms with Crippen LogP contribution in [-0.4, -0.2) is 18.2 Å². The van der Waals surface area contributed by atoms with E-state index in [9.17, 15) is 22.9 Å². The first-order valence-electron chi connectivity index (χ1n) is 5.09. The van der Waals surface area contributed by atoms with E-state index in [2.05, 4.69) is 9.91 Å². The molecule has 0 spiro atoms. The van der Waals surface area contributed by atoms with E-state index in [4.69, 9.17) is 0 Å². The van der Waals surface area contributed by atoms with Crippen LogP contribution in [0.1, 0.15) is 23.7 Å². The van der Waals surface area contributed by atoms with Crippen molar-refractivity contribution >= 4 is 11.7 Å². The smallest absolute Gasteiger partial charge is 0.425 e. The molecule has 18 heavy (non-hydrogen) atoms. The molecule has 0 heterocycles. The Balaban J connectivity index is 2.78. The zero-order valence-corrected chi connectivity index (χ0v) is 9.40. The van der Waals surface area contributed by atoms with E-state index >= 15 is 0 Å². The standard InChI is InChI=1S/C11H10F3NO3/c1-2-9(11(12,13)14)18-10(16)7-3-5-8(15-17)6-4-7/h3-6,9H,2H2,1H3. The van der Waals surface area contributed by atoms with Gasteiger partial charge in [-0.05, 0) is 35.9 Å². The lowest BCUT2D eigenvalue weighted by atomic mass is 10.2. The van der Waals surface area contributed by atoms with Crippen molar-refractivity contribution in [3.8, 4) is 0 Å². The predicted molar refractivity (Wildman–Crippen MR) is 57.4 cm³/mol. The van der Waals surface area contributed by atoms with Crippen molar-refractivity contribution in [3.05, 3.63) is 34.7 Å². The fraction of sp³-hybridized carbons (Fsp3) is 0.364. The number of rotatable bonds is 4. The molecule has 4 nitrogen and oxygen atoms in total. The highest BCUT2D eigenvalue weighted by Crippen LogP contribution is 2.26. The summed E-state index contributed by atoms with van der Waals surface area (Å²) in [5.74, 6) is -1.09. The molecule has 0 amide bonds. The number of hydrogen-bond acceptors (Lipinski definition) is 4. The van der Waals surface area contributed by atoms with Crippen LogP contribution in [0, 0.1) is 4.91 Å². The maximum atomic E-state index is 12.4. The van der Waals surface area contributed by atoms with Crippen LogP contribution in [-0.2, 0) is 4.74 Å². The minimum Gasteiger partial charge on any atom is -0.449 e. The highest BCUT2D eigenvalue weighted by molar-refractivity contribution is 5.89. The summed E-state index contributed by atoms with van der Waals surface area (Å²) in [6.45, 7) is 1.27. The second-order valence-corrected chi connectivity index (χ2v) is 3.48. The first-order chi connectivity index (χ1) is 8.38. The minimum atomic E-state index is -4.59. The second kappa shape index (κ2) is 5.61. The van der Waals surface area contributed by atoms with Gasteiger partial charge in [-0.15, -0.1) is 4.91 Å². The Morgan fingerprint density at radius 1 is 1.33 bits per heavy atom. The van der Waals surface area contributed by atoms with Gasteiger partial charge in [0.05, 0.1) is 5.56 Å². The Labute approximate surface area is 101 Å². The van der Waals surface area contributed by atoms with E-state index in [0.29, 0.717) is 0 Å². The largest absolute Gasteiger partial charge is 0.449 e. The Morgan fingerprint density at radius 3 is 2.28 bits per heavy atom. The Kier molecular flexibility index (Phi) is 4.41. The van der Waals surface area contributed by atoms with Gasteiger partial charge in [0, 0.05) is 0 Å². The van der Waals surface area contributed by atoms with Crippen molar-refractivity contribution in [1.82, 2.24) is 0 Å². The van der Waals surface area contributed by atoms with Crippen LogP contribution >= 0.6 is 0 Å². The summed E-state index contributed by atoms with van der Waals surface area (Å²) in [6.07, 6.45) is -7.08. The van der Waals surface area contributed by atoms with Crippen molar-refractivity contribution in [2.75, 3.05) is 0 Å². The molecule has 7 heteroatoms. The van der Waals surface area contributed by atoms with Gasteiger partial charge in [0.15, 0.2) is 6.10 Å². The van der Waals surface area contributed by atoms with E-state index < -0.39 is 18.2 Å². The van der Waals surface area contributed by atoms with E-state index in [1.807, 2.05) is 0 Å². The fourth-order valence-electron chi connectivity index (χ4n) is 1.24. The third kappa shape index (κ3) is 3.54. The van der Waals surface area contributed by atoms with Crippen molar-refractivity contribution in [1.29, 1.82) is 0 Å². The van der Waals surface area contributed by atoms with Crippen molar-refractivity contribution < 1.29 is 22.7 Å². The highest BCUT2D eigenvalue weighted by atomic mass is 19.4. The number of nitroso groups, excluding NO2 is 1. The third-order valence-corrected chi connectivity index (χ3v) is 2.19. The fourth-order valence-corrected chi connectivity index (χ4v) is 1.24. The number of hydrogen-bond donors (Lipinski definition) is 0. The van der Waals surface area contributed by atoms with Gasteiger partial charge in [-0.2, -0.15) is 13.2 Å². The summed E-state index contributed by atoms with van der Waals surface area (Å²) >= 11 is 0. The van der Waals surface area contributed by atoms with Crippen LogP contribution in [0.2, 0.25) is 0 Å². The van der Waals surface area contributed by atoms with E-state index in [1.54, 1.807) is 0 Å². The van der Waals surface area contributed by atoms with Crippen LogP contribution < -0.4 is 0 Å². The van der Waals surface area contributed by atoms with Gasteiger partial charge in [0.2, 0.25) is 0 Å². The maximum absolute atomic E-state index is 12.4. The first kappa shape index (κ1) is 14.1. The van der Waals surface area contributed by atoms with Crippen LogP contribution in [0.3, 0.4) is 0 Å². The number of nitrogens with zero attached hydrogens (tertiary/aromatic N) is 1. The highest BCUT2D eigenvalue weighted by Gasteiger charge is 2.41. The number of carbonyl (C=O) groups is 1. The second-order valence-electron chi connectivity index (χ2n) is 3.48. The topological polar surface area (TPSA) is 55.7 Å². The summed E-state index contributed by atoms with van der Waals surface area (Å²) in [6, 6.07) is 4.81. The molecule has 0 bridgehead atoms. The molecule has 1 atom stereocenters. The van der Waals surface area contributed by atoms with Crippen molar-refractivity contribution in [3.63, 3.8) is 0 Å². The predicted octanol–water partition coefficient (Wildman–Crippen LogP) is 3.58. The molecule has 0 saturated heterocycles. The number of esters is 1. The van der Waals surface area contributed by atoms with Crippen LogP contribution in [0.4, 0.5) is 18.9 Å². The molecule has 0 radical (unpaired) electrons. The molecule has 1 aromatic carbocycles. The molecule has 0 fully saturated rings. The minimum absolute atomic E-state index is 0.0647. The van der Waals surface area contributed by atoms with Crippen molar-refractivity contribution in [2.24, 2.45) is 5.18 Å². The lowest BCUT2D eigenvalue weighted by Gasteiger charge is -2.18. The van der Waals surface area contributed by atoms with Gasteiger partial charge < -0.3 is 4.74 Å². The average molecular weight is 261 g/mol. The molecule has 0 aliphatic heterocycles. The van der Waals surface area contributed by atoms with Crippen LogP contribution in [0.15, 0.2) is 29.4 Å². The first-order valence-corrected chi connectivity index (χ1v) is 5.09. The zero-order valence-electron chi connectivity index (χ0n) is 9.40. The Hall–Kier alpha value is -1.92. The van der Waals surface area contributed by atoms with Crippen LogP contribution in [0.25, 0.3) is 0 Å². The summed E-state index contributed by atoms with van der Waals surface area (Å²) in [4.78, 5) is 21.6. The van der Waals surface area contributed by atoms with Crippen LogP contribution in [0.5, 0.6) is 0 Å². The monoisotopic (exact) mass is 261 g/mol. The number of alkyl halides is 3. The summed E-state index contributed by atoms with van der Waals surface area (Å²) in [7, 11) is 0. The molecule has 1 rings (SSSR count). The molecule has 1 aromatic rings. The van der Waals surface area contributed by atoms with Crippen molar-refractivity contribution in [2.45, 2.75) is 25.6 Å². The normalized spacial score (nSPS) is 12.9. The van der Waals surface area contributed by atoms with Gasteiger partial charge in [0.25, 0.3) is 0 Å². The van der Waals surface area contributed by atoms with Gasteiger partial charge in [-0.1, -0.05) is 6.92 Å². The lowest BCUT2D eigenvalue weighted by molar-refractivity contribution is -0.204. The van der Waals surface area contributed by atoms with Gasteiger partial charge in [0.1, 0.15) is 5.69 Å². The number of benzene rings is 1. The molecular formula is C11H10F3NO3. The van der Waals surface area contributed by atoms with E-state index in [0.717, 1.165) is 0 Å². The molecule has 0 aliphatic carbocycles. The molecular weight excluding hydrogens is 251 g/mol. The average Bonchev–Trinajstić information content (AvgIpc) is 2.34. The Morgan fingerprint density at radius 2 is 1.89 bits per heavy atom. The van der Waals surface area contributed by atoms with Gasteiger partial charge >= 0.3 is 12.1 Å². The molecule has 0 aliphatic rings. The number of ether oxygens (including phenoxy) is 1. The number of halogens is 3. The number of carbonyl (C=O) groups excluding carboxylic acids is 1. The maximum Gasteiger partial charge on any atom is 0.425 e. The quantitative estimate of drug-likeness (QED) is 0.614. The van der Waals surface area contributed by atoms with Gasteiger partial charge in [-0.25, -0.2) is 4.79 Å². The molecule has 0 N–H and O–H groups in total.